The van der Waals surface area contributed by atoms with Gasteiger partial charge in [-0.15, -0.1) is 13.2 Å². The Hall–Kier alpha value is -3.37. The van der Waals surface area contributed by atoms with Crippen LogP contribution in [0.5, 0.6) is 5.75 Å². The van der Waals surface area contributed by atoms with Gasteiger partial charge in [-0.3, -0.25) is 4.79 Å². The van der Waals surface area contributed by atoms with Crippen LogP contribution in [-0.4, -0.2) is 44.6 Å². The van der Waals surface area contributed by atoms with E-state index in [1.54, 1.807) is 0 Å². The number of rotatable bonds is 14. The molecule has 0 atom stereocenters. The molecule has 0 aliphatic carbocycles. The van der Waals surface area contributed by atoms with E-state index < -0.39 is 27.6 Å². The number of sulfonamides is 1. The minimum Gasteiger partial charge on any atom is -0.406 e. The van der Waals surface area contributed by atoms with Crippen LogP contribution in [0.4, 0.5) is 13.2 Å². The van der Waals surface area contributed by atoms with Crippen molar-refractivity contribution in [2.24, 2.45) is 5.41 Å². The molecule has 1 fully saturated rings. The highest BCUT2D eigenvalue weighted by molar-refractivity contribution is 7.89. The van der Waals surface area contributed by atoms with Gasteiger partial charge in [-0.25, -0.2) is 8.42 Å². The summed E-state index contributed by atoms with van der Waals surface area (Å²) in [6, 6.07) is 14.0. The third-order valence-electron chi connectivity index (χ3n) is 7.41. The van der Waals surface area contributed by atoms with E-state index in [2.05, 4.69) is 28.8 Å². The van der Waals surface area contributed by atoms with E-state index in [1.165, 1.54) is 4.31 Å². The lowest BCUT2D eigenvalue weighted by Crippen LogP contribution is -2.46. The number of benzene rings is 2. The first-order valence-electron chi connectivity index (χ1n) is 14.1. The summed E-state index contributed by atoms with van der Waals surface area (Å²) in [6.07, 6.45) is 7.44. The topological polar surface area (TPSA) is 75.7 Å². The summed E-state index contributed by atoms with van der Waals surface area (Å²) in [5, 5.41) is 3.04. The monoisotopic (exact) mass is 604 g/mol. The van der Waals surface area contributed by atoms with Crippen molar-refractivity contribution in [1.29, 1.82) is 0 Å². The summed E-state index contributed by atoms with van der Waals surface area (Å²) >= 11 is 0. The number of carbonyl (C=O) groups is 1. The van der Waals surface area contributed by atoms with Crippen LogP contribution in [0.3, 0.4) is 0 Å². The average molecular weight is 605 g/mol. The molecular weight excluding hydrogens is 565 g/mol. The molecule has 0 bridgehead atoms. The molecule has 0 radical (unpaired) electrons. The molecule has 1 saturated heterocycles. The number of alkyl halides is 3. The zero-order valence-electron chi connectivity index (χ0n) is 23.9. The minimum absolute atomic E-state index is 0.0689. The molecule has 0 aromatic heterocycles. The Morgan fingerprint density at radius 1 is 1.10 bits per heavy atom. The van der Waals surface area contributed by atoms with Crippen LogP contribution in [-0.2, 0) is 21.2 Å². The molecule has 0 unspecified atom stereocenters. The largest absolute Gasteiger partial charge is 0.573 e. The van der Waals surface area contributed by atoms with E-state index >= 15 is 0 Å². The Labute approximate surface area is 247 Å². The second kappa shape index (κ2) is 15.2. The molecular formula is C32H39F3N2O4S. The molecule has 2 aromatic rings. The van der Waals surface area contributed by atoms with Crippen molar-refractivity contribution in [1.82, 2.24) is 9.62 Å². The molecule has 6 nitrogen and oxygen atoms in total. The average Bonchev–Trinajstić information content (AvgIpc) is 2.94. The first-order chi connectivity index (χ1) is 20.0. The molecule has 10 heteroatoms. The lowest BCUT2D eigenvalue weighted by molar-refractivity contribution is -0.274. The zero-order valence-corrected chi connectivity index (χ0v) is 24.7. The van der Waals surface area contributed by atoms with Gasteiger partial charge in [0.25, 0.3) is 0 Å². The molecule has 0 spiro atoms. The lowest BCUT2D eigenvalue weighted by Gasteiger charge is -2.41. The smallest absolute Gasteiger partial charge is 0.406 e. The minimum atomic E-state index is -4.86. The Balaban J connectivity index is 1.64. The summed E-state index contributed by atoms with van der Waals surface area (Å²) in [5.74, 6) is -0.557. The van der Waals surface area contributed by atoms with Gasteiger partial charge in [-0.1, -0.05) is 66.8 Å². The lowest BCUT2D eigenvalue weighted by atomic mass is 9.71. The highest BCUT2D eigenvalue weighted by Crippen LogP contribution is 2.40. The third kappa shape index (κ3) is 10.2. The predicted molar refractivity (Wildman–Crippen MR) is 158 cm³/mol. The highest BCUT2D eigenvalue weighted by Gasteiger charge is 2.40. The fourth-order valence-corrected chi connectivity index (χ4v) is 6.62. The Bertz CT molecular complexity index is 1330. The number of ether oxygens (including phenoxy) is 1. The number of nitrogens with zero attached hydrogens (tertiary/aromatic N) is 1. The number of piperidine rings is 1. The summed E-state index contributed by atoms with van der Waals surface area (Å²) < 4.78 is 69.2. The van der Waals surface area contributed by atoms with Gasteiger partial charge in [-0.05, 0) is 80.7 Å². The van der Waals surface area contributed by atoms with Crippen molar-refractivity contribution in [3.63, 3.8) is 0 Å². The van der Waals surface area contributed by atoms with Crippen LogP contribution < -0.4 is 10.1 Å². The Kier molecular flexibility index (Phi) is 12.0. The second-order valence-electron chi connectivity index (χ2n) is 10.5. The molecule has 0 saturated carbocycles. The summed E-state index contributed by atoms with van der Waals surface area (Å²) in [7, 11) is -3.93. The van der Waals surface area contributed by atoms with Crippen LogP contribution in [0, 0.1) is 5.41 Å². The Morgan fingerprint density at radius 3 is 2.36 bits per heavy atom. The van der Waals surface area contributed by atoms with Gasteiger partial charge in [0.1, 0.15) is 5.75 Å². The number of allylic oxidation sites excluding steroid dienone is 5. The van der Waals surface area contributed by atoms with Crippen LogP contribution in [0.2, 0.25) is 0 Å². The van der Waals surface area contributed by atoms with Gasteiger partial charge in [0, 0.05) is 26.1 Å². The molecule has 1 N–H and O–H groups in total. The van der Waals surface area contributed by atoms with Crippen molar-refractivity contribution < 1.29 is 31.1 Å². The van der Waals surface area contributed by atoms with Gasteiger partial charge >= 0.3 is 6.36 Å². The molecule has 228 valence electrons. The summed E-state index contributed by atoms with van der Waals surface area (Å²) in [6.45, 7) is 6.77. The number of carbonyl (C=O) groups excluding carboxylic acids is 1. The predicted octanol–water partition coefficient (Wildman–Crippen LogP) is 6.96. The first-order valence-corrected chi connectivity index (χ1v) is 15.5. The van der Waals surface area contributed by atoms with Crippen molar-refractivity contribution in [2.75, 3.05) is 19.6 Å². The summed E-state index contributed by atoms with van der Waals surface area (Å²) in [5.41, 5.74) is 1.78. The maximum atomic E-state index is 13.3. The molecule has 42 heavy (non-hydrogen) atoms. The van der Waals surface area contributed by atoms with E-state index in [4.69, 9.17) is 0 Å². The van der Waals surface area contributed by atoms with E-state index in [0.29, 0.717) is 25.8 Å². The number of hydrogen-bond acceptors (Lipinski definition) is 4. The first kappa shape index (κ1) is 33.1. The number of halogens is 3. The van der Waals surface area contributed by atoms with Crippen LogP contribution >= 0.6 is 0 Å². The maximum Gasteiger partial charge on any atom is 0.573 e. The van der Waals surface area contributed by atoms with Gasteiger partial charge < -0.3 is 10.1 Å². The fourth-order valence-electron chi connectivity index (χ4n) is 5.17. The van der Waals surface area contributed by atoms with Crippen LogP contribution in [0.1, 0.15) is 51.0 Å². The Morgan fingerprint density at radius 2 is 1.76 bits per heavy atom. The maximum absolute atomic E-state index is 13.3. The van der Waals surface area contributed by atoms with Crippen molar-refractivity contribution in [2.45, 2.75) is 63.1 Å². The summed E-state index contributed by atoms with van der Waals surface area (Å²) in [4.78, 5) is 13.0. The quantitative estimate of drug-likeness (QED) is 0.144. The molecule has 1 amide bonds. The van der Waals surface area contributed by atoms with Crippen molar-refractivity contribution in [3.8, 4) is 5.75 Å². The van der Waals surface area contributed by atoms with E-state index in [1.807, 2.05) is 49.4 Å². The number of hydrogen-bond donors (Lipinski definition) is 1. The number of amides is 1. The van der Waals surface area contributed by atoms with Gasteiger partial charge in [0.15, 0.2) is 0 Å². The standard InChI is InChI=1S/C32H39F3N2O4S/c1-3-5-7-11-26(4-2)14-10-21-36-30(38)25-31(24-27-12-8-6-9-13-27)19-22-37(23-20-31)42(39,40)29-17-15-28(16-18-29)41-32(33,34)35/h3-6,8-9,11-13,15-18H,2,7,10,14,19-25H2,1H3,(H,36,38)/b5-3-,26-11+. The highest BCUT2D eigenvalue weighted by atomic mass is 32.2. The zero-order chi connectivity index (χ0) is 30.6. The van der Waals surface area contributed by atoms with E-state index in [0.717, 1.165) is 54.7 Å². The van der Waals surface area contributed by atoms with Crippen LogP contribution in [0.25, 0.3) is 0 Å². The van der Waals surface area contributed by atoms with E-state index in [9.17, 15) is 26.4 Å². The third-order valence-corrected chi connectivity index (χ3v) is 9.33. The van der Waals surface area contributed by atoms with Crippen molar-refractivity contribution in [3.05, 3.63) is 96.6 Å². The van der Waals surface area contributed by atoms with E-state index in [-0.39, 0.29) is 30.3 Å². The second-order valence-corrected chi connectivity index (χ2v) is 12.4. The van der Waals surface area contributed by atoms with Gasteiger partial charge in [0.05, 0.1) is 4.90 Å². The fraction of sp³-hybridized carbons (Fsp3) is 0.406. The van der Waals surface area contributed by atoms with Crippen LogP contribution in [0.15, 0.2) is 95.9 Å². The van der Waals surface area contributed by atoms with Gasteiger partial charge in [0.2, 0.25) is 15.9 Å². The van der Waals surface area contributed by atoms with Gasteiger partial charge in [-0.2, -0.15) is 4.31 Å². The normalized spacial score (nSPS) is 16.3. The molecule has 1 aliphatic rings. The molecule has 2 aromatic carbocycles. The molecule has 3 rings (SSSR count). The SMILES string of the molecule is C=C/C(=C\C/C=C\C)CCCNC(=O)CC1(Cc2ccccc2)CCN(S(=O)(=O)c2ccc(OC(F)(F)F)cc2)CC1. The number of nitrogens with one attached hydrogen (secondary N) is 1. The molecule has 1 heterocycles. The van der Waals surface area contributed by atoms with Crippen molar-refractivity contribution >= 4 is 15.9 Å². The molecule has 1 aliphatic heterocycles.